The molecule has 2 aromatic carbocycles. The second kappa shape index (κ2) is 9.34. The largest absolute Gasteiger partial charge is 0.368 e. The summed E-state index contributed by atoms with van der Waals surface area (Å²) in [4.78, 5) is 21.2. The summed E-state index contributed by atoms with van der Waals surface area (Å²) in [6.45, 7) is 7.47. The number of anilines is 1. The minimum Gasteiger partial charge on any atom is -0.368 e. The van der Waals surface area contributed by atoms with Crippen molar-refractivity contribution in [3.8, 4) is 11.4 Å². The molecule has 1 amide bonds. The molecule has 0 bridgehead atoms. The molecule has 0 N–H and O–H groups in total. The Hall–Kier alpha value is -2.80. The predicted molar refractivity (Wildman–Crippen MR) is 120 cm³/mol. The minimum absolute atomic E-state index is 0.105. The van der Waals surface area contributed by atoms with E-state index in [1.165, 1.54) is 23.0 Å². The Morgan fingerprint density at radius 1 is 1.03 bits per heavy atom. The van der Waals surface area contributed by atoms with Crippen LogP contribution in [0.2, 0.25) is 0 Å². The van der Waals surface area contributed by atoms with Crippen LogP contribution in [0, 0.1) is 0 Å². The van der Waals surface area contributed by atoms with Crippen LogP contribution in [0.25, 0.3) is 11.4 Å². The van der Waals surface area contributed by atoms with Gasteiger partial charge in [-0.1, -0.05) is 73.2 Å². The van der Waals surface area contributed by atoms with E-state index in [-0.39, 0.29) is 5.91 Å². The summed E-state index contributed by atoms with van der Waals surface area (Å²) in [5.41, 5.74) is 3.40. The lowest BCUT2D eigenvalue weighted by Crippen LogP contribution is -2.49. The van der Waals surface area contributed by atoms with Crippen LogP contribution in [0.4, 0.5) is 5.69 Å². The van der Waals surface area contributed by atoms with E-state index in [9.17, 15) is 4.79 Å². The summed E-state index contributed by atoms with van der Waals surface area (Å²) < 4.78 is 5.33. The van der Waals surface area contributed by atoms with Gasteiger partial charge in [0.2, 0.25) is 11.7 Å². The zero-order chi connectivity index (χ0) is 20.9. The van der Waals surface area contributed by atoms with Gasteiger partial charge in [0.25, 0.3) is 5.22 Å². The van der Waals surface area contributed by atoms with Crippen molar-refractivity contribution in [1.29, 1.82) is 0 Å². The second-order valence-corrected chi connectivity index (χ2v) is 8.58. The Bertz CT molecular complexity index is 964. The number of hydrogen-bond donors (Lipinski definition) is 0. The summed E-state index contributed by atoms with van der Waals surface area (Å²) in [7, 11) is 0. The number of rotatable bonds is 6. The number of hydrogen-bond acceptors (Lipinski definition) is 6. The van der Waals surface area contributed by atoms with E-state index < -0.39 is 0 Å². The first kappa shape index (κ1) is 20.5. The number of thioether (sulfide) groups is 1. The molecule has 2 heterocycles. The van der Waals surface area contributed by atoms with Crippen LogP contribution in [0.5, 0.6) is 0 Å². The molecule has 0 unspecified atom stereocenters. The lowest BCUT2D eigenvalue weighted by Gasteiger charge is -2.36. The van der Waals surface area contributed by atoms with Crippen molar-refractivity contribution in [3.63, 3.8) is 0 Å². The van der Waals surface area contributed by atoms with Gasteiger partial charge >= 0.3 is 0 Å². The summed E-state index contributed by atoms with van der Waals surface area (Å²) >= 11 is 1.30. The molecular formula is C23H26N4O2S. The van der Waals surface area contributed by atoms with E-state index in [0.29, 0.717) is 22.7 Å². The van der Waals surface area contributed by atoms with Gasteiger partial charge in [0.15, 0.2) is 0 Å². The van der Waals surface area contributed by atoms with Gasteiger partial charge in [-0.05, 0) is 23.6 Å². The maximum absolute atomic E-state index is 12.6. The van der Waals surface area contributed by atoms with Crippen molar-refractivity contribution in [2.75, 3.05) is 36.8 Å². The Balaban J connectivity index is 1.28. The van der Waals surface area contributed by atoms with Crippen molar-refractivity contribution in [2.24, 2.45) is 0 Å². The van der Waals surface area contributed by atoms with Crippen LogP contribution < -0.4 is 4.90 Å². The molecule has 0 aliphatic carbocycles. The smallest absolute Gasteiger partial charge is 0.286 e. The predicted octanol–water partition coefficient (Wildman–Crippen LogP) is 4.30. The molecule has 4 rings (SSSR count). The third-order valence-electron chi connectivity index (χ3n) is 5.32. The number of carbonyl (C=O) groups excluding carboxylic acids is 1. The molecule has 3 aromatic rings. The average molecular weight is 423 g/mol. The molecule has 0 saturated carbocycles. The highest BCUT2D eigenvalue weighted by molar-refractivity contribution is 7.99. The molecule has 1 saturated heterocycles. The summed E-state index contributed by atoms with van der Waals surface area (Å²) in [6, 6.07) is 18.5. The van der Waals surface area contributed by atoms with E-state index in [0.717, 1.165) is 31.7 Å². The Kier molecular flexibility index (Phi) is 6.38. The fraction of sp³-hybridized carbons (Fsp3) is 0.348. The first-order valence-electron chi connectivity index (χ1n) is 10.2. The molecule has 6 nitrogen and oxygen atoms in total. The fourth-order valence-corrected chi connectivity index (χ4v) is 4.14. The highest BCUT2D eigenvalue weighted by atomic mass is 32.2. The molecule has 1 aromatic heterocycles. The first-order chi connectivity index (χ1) is 14.6. The van der Waals surface area contributed by atoms with E-state index in [2.05, 4.69) is 53.2 Å². The van der Waals surface area contributed by atoms with Gasteiger partial charge in [-0.2, -0.15) is 4.98 Å². The van der Waals surface area contributed by atoms with E-state index >= 15 is 0 Å². The number of para-hydroxylation sites is 1. The lowest BCUT2D eigenvalue weighted by atomic mass is 10.0. The Morgan fingerprint density at radius 3 is 2.40 bits per heavy atom. The van der Waals surface area contributed by atoms with Gasteiger partial charge in [0.05, 0.1) is 5.75 Å². The first-order valence-corrected chi connectivity index (χ1v) is 11.2. The van der Waals surface area contributed by atoms with Gasteiger partial charge in [-0.25, -0.2) is 0 Å². The van der Waals surface area contributed by atoms with Crippen LogP contribution in [0.3, 0.4) is 0 Å². The third-order valence-corrected chi connectivity index (χ3v) is 6.12. The van der Waals surface area contributed by atoms with Crippen molar-refractivity contribution in [2.45, 2.75) is 25.0 Å². The molecule has 0 atom stereocenters. The summed E-state index contributed by atoms with van der Waals surface area (Å²) in [5.74, 6) is 1.45. The van der Waals surface area contributed by atoms with Crippen LogP contribution in [-0.2, 0) is 4.79 Å². The Morgan fingerprint density at radius 2 is 1.73 bits per heavy atom. The van der Waals surface area contributed by atoms with Crippen LogP contribution >= 0.6 is 11.8 Å². The standard InChI is InChI=1S/C23H26N4O2S/c1-17(2)18-8-10-19(11-9-18)22-24-23(29-25-22)30-16-21(28)27-14-12-26(13-15-27)20-6-4-3-5-7-20/h3-11,17H,12-16H2,1-2H3. The Labute approximate surface area is 181 Å². The number of benzene rings is 2. The molecule has 1 aliphatic rings. The van der Waals surface area contributed by atoms with Gasteiger partial charge in [0, 0.05) is 37.4 Å². The molecule has 0 radical (unpaired) electrons. The van der Waals surface area contributed by atoms with E-state index in [4.69, 9.17) is 4.52 Å². The molecule has 30 heavy (non-hydrogen) atoms. The minimum atomic E-state index is 0.105. The summed E-state index contributed by atoms with van der Waals surface area (Å²) in [5, 5.41) is 4.48. The molecule has 0 spiro atoms. The number of nitrogens with zero attached hydrogens (tertiary/aromatic N) is 4. The fourth-order valence-electron chi connectivity index (χ4n) is 3.47. The zero-order valence-electron chi connectivity index (χ0n) is 17.3. The highest BCUT2D eigenvalue weighted by Gasteiger charge is 2.22. The number of aromatic nitrogens is 2. The lowest BCUT2D eigenvalue weighted by molar-refractivity contribution is -0.128. The zero-order valence-corrected chi connectivity index (χ0v) is 18.1. The molecular weight excluding hydrogens is 396 g/mol. The maximum atomic E-state index is 12.6. The topological polar surface area (TPSA) is 62.5 Å². The summed E-state index contributed by atoms with van der Waals surface area (Å²) in [6.07, 6.45) is 0. The molecule has 1 fully saturated rings. The van der Waals surface area contributed by atoms with Gasteiger partial charge in [-0.3, -0.25) is 4.79 Å². The van der Waals surface area contributed by atoms with Crippen LogP contribution in [-0.4, -0.2) is 52.9 Å². The van der Waals surface area contributed by atoms with E-state index in [1.54, 1.807) is 0 Å². The van der Waals surface area contributed by atoms with Crippen molar-refractivity contribution >= 4 is 23.4 Å². The molecule has 1 aliphatic heterocycles. The quantitative estimate of drug-likeness (QED) is 0.552. The molecule has 7 heteroatoms. The SMILES string of the molecule is CC(C)c1ccc(-c2noc(SCC(=O)N3CCN(c4ccccc4)CC3)n2)cc1. The average Bonchev–Trinajstić information content (AvgIpc) is 3.27. The number of piperazine rings is 1. The number of amides is 1. The van der Waals surface area contributed by atoms with Gasteiger partial charge in [0.1, 0.15) is 0 Å². The monoisotopic (exact) mass is 422 g/mol. The third kappa shape index (κ3) is 4.84. The van der Waals surface area contributed by atoms with Gasteiger partial charge < -0.3 is 14.3 Å². The highest BCUT2D eigenvalue weighted by Crippen LogP contribution is 2.24. The maximum Gasteiger partial charge on any atom is 0.286 e. The van der Waals surface area contributed by atoms with Crippen LogP contribution in [0.1, 0.15) is 25.3 Å². The van der Waals surface area contributed by atoms with E-state index in [1.807, 2.05) is 35.2 Å². The van der Waals surface area contributed by atoms with Gasteiger partial charge in [-0.15, -0.1) is 0 Å². The molecule has 156 valence electrons. The van der Waals surface area contributed by atoms with Crippen molar-refractivity contribution in [1.82, 2.24) is 15.0 Å². The van der Waals surface area contributed by atoms with Crippen molar-refractivity contribution in [3.05, 3.63) is 60.2 Å². The number of carbonyl (C=O) groups is 1. The second-order valence-electron chi connectivity index (χ2n) is 7.65. The normalized spacial score (nSPS) is 14.4. The van der Waals surface area contributed by atoms with Crippen LogP contribution in [0.15, 0.2) is 64.3 Å². The van der Waals surface area contributed by atoms with Crippen molar-refractivity contribution < 1.29 is 9.32 Å².